The molecular weight excluding hydrogens is 246 g/mol. The Hall–Kier alpha value is -1.34. The zero-order chi connectivity index (χ0) is 13.2. The molecule has 4 heteroatoms. The van der Waals surface area contributed by atoms with Crippen LogP contribution < -0.4 is 9.47 Å². The first-order chi connectivity index (χ1) is 8.81. The van der Waals surface area contributed by atoms with Crippen molar-refractivity contribution in [3.63, 3.8) is 0 Å². The fourth-order valence-electron chi connectivity index (χ4n) is 1.59. The molecule has 3 nitrogen and oxygen atoms in total. The molecule has 0 heterocycles. The van der Waals surface area contributed by atoms with Crippen LogP contribution in [-0.2, 0) is 6.42 Å². The second-order valence-corrected chi connectivity index (χ2v) is 4.76. The number of nitrogens with zero attached hydrogens (tertiary/aromatic N) is 1. The maximum atomic E-state index is 8.44. The van der Waals surface area contributed by atoms with Gasteiger partial charge in [0.15, 0.2) is 11.5 Å². The molecular formula is C14H19NO2S. The highest BCUT2D eigenvalue weighted by molar-refractivity contribution is 8.03. The predicted molar refractivity (Wildman–Crippen MR) is 75.2 cm³/mol. The Morgan fingerprint density at radius 3 is 2.83 bits per heavy atom. The highest BCUT2D eigenvalue weighted by Crippen LogP contribution is 2.28. The molecule has 1 rings (SSSR count). The van der Waals surface area contributed by atoms with E-state index in [-0.39, 0.29) is 0 Å². The second kappa shape index (κ2) is 8.71. The second-order valence-electron chi connectivity index (χ2n) is 3.88. The minimum Gasteiger partial charge on any atom is -0.493 e. The van der Waals surface area contributed by atoms with Crippen molar-refractivity contribution in [1.29, 1.82) is 5.26 Å². The number of hydrogen-bond donors (Lipinski definition) is 0. The first-order valence-electron chi connectivity index (χ1n) is 6.12. The van der Waals surface area contributed by atoms with Gasteiger partial charge in [-0.1, -0.05) is 13.0 Å². The summed E-state index contributed by atoms with van der Waals surface area (Å²) in [7, 11) is 1.66. The Labute approximate surface area is 113 Å². The number of rotatable bonds is 8. The summed E-state index contributed by atoms with van der Waals surface area (Å²) in [6.45, 7) is 2.78. The molecule has 0 spiro atoms. The van der Waals surface area contributed by atoms with Crippen molar-refractivity contribution in [3.8, 4) is 16.9 Å². The molecule has 0 saturated carbocycles. The van der Waals surface area contributed by atoms with Crippen LogP contribution in [0.5, 0.6) is 11.5 Å². The summed E-state index contributed by atoms with van der Waals surface area (Å²) in [5.74, 6) is 2.45. The fraction of sp³-hybridized carbons (Fsp3) is 0.500. The number of ether oxygens (including phenoxy) is 2. The van der Waals surface area contributed by atoms with Gasteiger partial charge in [-0.15, -0.1) is 0 Å². The smallest absolute Gasteiger partial charge is 0.161 e. The highest BCUT2D eigenvalue weighted by Gasteiger charge is 2.05. The minimum absolute atomic E-state index is 0.703. The quantitative estimate of drug-likeness (QED) is 0.531. The van der Waals surface area contributed by atoms with E-state index < -0.39 is 0 Å². The summed E-state index contributed by atoms with van der Waals surface area (Å²) in [6.07, 6.45) is 2.94. The topological polar surface area (TPSA) is 42.2 Å². The van der Waals surface area contributed by atoms with Crippen LogP contribution in [0.4, 0.5) is 0 Å². The van der Waals surface area contributed by atoms with E-state index in [1.165, 1.54) is 17.3 Å². The van der Waals surface area contributed by atoms with Crippen LogP contribution in [0.25, 0.3) is 0 Å². The minimum atomic E-state index is 0.703. The summed E-state index contributed by atoms with van der Waals surface area (Å²) >= 11 is 1.30. The normalized spacial score (nSPS) is 9.83. The molecule has 0 aliphatic rings. The van der Waals surface area contributed by atoms with E-state index in [1.54, 1.807) is 7.11 Å². The van der Waals surface area contributed by atoms with Gasteiger partial charge in [-0.25, -0.2) is 0 Å². The molecule has 0 bridgehead atoms. The number of nitriles is 1. The van der Waals surface area contributed by atoms with Crippen molar-refractivity contribution in [1.82, 2.24) is 0 Å². The van der Waals surface area contributed by atoms with E-state index in [1.807, 2.05) is 12.1 Å². The van der Waals surface area contributed by atoms with Gasteiger partial charge in [0.1, 0.15) is 5.40 Å². The monoisotopic (exact) mass is 265 g/mol. The molecule has 1 aromatic carbocycles. The van der Waals surface area contributed by atoms with Gasteiger partial charge in [-0.3, -0.25) is 0 Å². The lowest BCUT2D eigenvalue weighted by molar-refractivity contribution is 0.294. The Kier molecular flexibility index (Phi) is 7.12. The summed E-state index contributed by atoms with van der Waals surface area (Å²) in [6, 6.07) is 6.04. The first-order valence-corrected chi connectivity index (χ1v) is 7.11. The van der Waals surface area contributed by atoms with Crippen molar-refractivity contribution in [2.24, 2.45) is 0 Å². The maximum absolute atomic E-state index is 8.44. The van der Waals surface area contributed by atoms with Gasteiger partial charge in [-0.2, -0.15) is 5.26 Å². The van der Waals surface area contributed by atoms with Crippen LogP contribution in [0.15, 0.2) is 18.2 Å². The standard InChI is InChI=1S/C14H19NO2S/c1-3-8-17-13-7-6-12(10-14(13)16-2)5-4-9-18-11-15/h6-7,10H,3-5,8-9H2,1-2H3. The zero-order valence-electron chi connectivity index (χ0n) is 10.9. The van der Waals surface area contributed by atoms with Gasteiger partial charge >= 0.3 is 0 Å². The van der Waals surface area contributed by atoms with Gasteiger partial charge < -0.3 is 9.47 Å². The fourth-order valence-corrected chi connectivity index (χ4v) is 1.97. The van der Waals surface area contributed by atoms with Crippen LogP contribution in [0, 0.1) is 10.7 Å². The van der Waals surface area contributed by atoms with Crippen molar-refractivity contribution in [2.45, 2.75) is 26.2 Å². The number of thiocyanates is 1. The Morgan fingerprint density at radius 1 is 1.33 bits per heavy atom. The summed E-state index contributed by atoms with van der Waals surface area (Å²) in [5.41, 5.74) is 1.22. The molecule has 98 valence electrons. The number of benzene rings is 1. The lowest BCUT2D eigenvalue weighted by Gasteiger charge is -2.11. The summed E-state index contributed by atoms with van der Waals surface area (Å²) in [5, 5.41) is 10.5. The van der Waals surface area contributed by atoms with Gasteiger partial charge in [0.05, 0.1) is 13.7 Å². The molecule has 0 unspecified atom stereocenters. The summed E-state index contributed by atoms with van der Waals surface area (Å²) in [4.78, 5) is 0. The molecule has 0 radical (unpaired) electrons. The SMILES string of the molecule is CCCOc1ccc(CCCSC#N)cc1OC. The third-order valence-electron chi connectivity index (χ3n) is 2.47. The van der Waals surface area contributed by atoms with Gasteiger partial charge in [0.25, 0.3) is 0 Å². The molecule has 0 atom stereocenters. The highest BCUT2D eigenvalue weighted by atomic mass is 32.2. The van der Waals surface area contributed by atoms with Crippen molar-refractivity contribution in [3.05, 3.63) is 23.8 Å². The van der Waals surface area contributed by atoms with Crippen LogP contribution in [0.2, 0.25) is 0 Å². The van der Waals surface area contributed by atoms with Gasteiger partial charge in [0, 0.05) is 5.75 Å². The Bertz CT molecular complexity index is 401. The van der Waals surface area contributed by atoms with Crippen molar-refractivity contribution in [2.75, 3.05) is 19.5 Å². The molecule has 0 aromatic heterocycles. The third kappa shape index (κ3) is 4.89. The lowest BCUT2D eigenvalue weighted by Crippen LogP contribution is -1.98. The third-order valence-corrected chi connectivity index (χ3v) is 3.09. The number of methoxy groups -OCH3 is 1. The van der Waals surface area contributed by atoms with Crippen LogP contribution >= 0.6 is 11.8 Å². The Balaban J connectivity index is 2.58. The largest absolute Gasteiger partial charge is 0.493 e. The average Bonchev–Trinajstić information content (AvgIpc) is 2.41. The first kappa shape index (κ1) is 14.7. The average molecular weight is 265 g/mol. The van der Waals surface area contributed by atoms with E-state index in [0.717, 1.165) is 36.5 Å². The summed E-state index contributed by atoms with van der Waals surface area (Å²) < 4.78 is 10.9. The van der Waals surface area contributed by atoms with Gasteiger partial charge in [0.2, 0.25) is 0 Å². The lowest BCUT2D eigenvalue weighted by atomic mass is 10.1. The van der Waals surface area contributed by atoms with Crippen molar-refractivity contribution < 1.29 is 9.47 Å². The molecule has 18 heavy (non-hydrogen) atoms. The number of hydrogen-bond acceptors (Lipinski definition) is 4. The van der Waals surface area contributed by atoms with E-state index >= 15 is 0 Å². The number of aryl methyl sites for hydroxylation is 1. The van der Waals surface area contributed by atoms with E-state index in [2.05, 4.69) is 18.4 Å². The molecule has 0 aliphatic carbocycles. The van der Waals surface area contributed by atoms with E-state index in [4.69, 9.17) is 14.7 Å². The predicted octanol–water partition coefficient (Wildman–Crippen LogP) is 3.63. The van der Waals surface area contributed by atoms with Crippen molar-refractivity contribution >= 4 is 11.8 Å². The van der Waals surface area contributed by atoms with E-state index in [9.17, 15) is 0 Å². The van der Waals surface area contributed by atoms with Crippen LogP contribution in [0.3, 0.4) is 0 Å². The molecule has 0 aliphatic heterocycles. The van der Waals surface area contributed by atoms with Gasteiger partial charge in [-0.05, 0) is 48.7 Å². The molecule has 0 saturated heterocycles. The zero-order valence-corrected chi connectivity index (χ0v) is 11.8. The van der Waals surface area contributed by atoms with Crippen LogP contribution in [0.1, 0.15) is 25.3 Å². The molecule has 1 aromatic rings. The molecule has 0 fully saturated rings. The molecule has 0 N–H and O–H groups in total. The molecule has 0 amide bonds. The van der Waals surface area contributed by atoms with E-state index in [0.29, 0.717) is 6.61 Å². The number of thioether (sulfide) groups is 1. The maximum Gasteiger partial charge on any atom is 0.161 e. The van der Waals surface area contributed by atoms with Crippen LogP contribution in [-0.4, -0.2) is 19.5 Å². The Morgan fingerprint density at radius 2 is 2.17 bits per heavy atom.